The van der Waals surface area contributed by atoms with E-state index in [2.05, 4.69) is 33.4 Å². The molecule has 0 spiro atoms. The van der Waals surface area contributed by atoms with Crippen molar-refractivity contribution in [2.45, 2.75) is 24.8 Å². The molecule has 2 heterocycles. The van der Waals surface area contributed by atoms with Crippen LogP contribution in [0.5, 0.6) is 0 Å². The van der Waals surface area contributed by atoms with E-state index in [4.69, 9.17) is 0 Å². The summed E-state index contributed by atoms with van der Waals surface area (Å²) in [5.74, 6) is -1.33. The number of carbonyl (C=O) groups is 1. The first-order valence-electron chi connectivity index (χ1n) is 10.9. The summed E-state index contributed by atoms with van der Waals surface area (Å²) in [5, 5.41) is 3.16. The molecule has 4 rings (SSSR count). The summed E-state index contributed by atoms with van der Waals surface area (Å²) in [6.45, 7) is 6.14. The monoisotopic (exact) mass is 484 g/mol. The van der Waals surface area contributed by atoms with Crippen molar-refractivity contribution in [3.05, 3.63) is 65.9 Å². The average molecular weight is 485 g/mol. The second-order valence-corrected chi connectivity index (χ2v) is 8.97. The minimum absolute atomic E-state index is 0.304. The van der Waals surface area contributed by atoms with E-state index < -0.39 is 23.6 Å². The fourth-order valence-electron chi connectivity index (χ4n) is 3.83. The predicted octanol–water partition coefficient (Wildman–Crippen LogP) is 5.00. The predicted molar refractivity (Wildman–Crippen MR) is 131 cm³/mol. The molecule has 10 heteroatoms. The average Bonchev–Trinajstić information content (AvgIpc) is 2.84. The van der Waals surface area contributed by atoms with Gasteiger partial charge in [-0.1, -0.05) is 19.9 Å². The molecule has 34 heavy (non-hydrogen) atoms. The summed E-state index contributed by atoms with van der Waals surface area (Å²) in [4.78, 5) is 25.8. The van der Waals surface area contributed by atoms with Crippen LogP contribution in [0.3, 0.4) is 0 Å². The zero-order valence-corrected chi connectivity index (χ0v) is 20.2. The zero-order chi connectivity index (χ0) is 24.4. The number of hydrogen-bond donors (Lipinski definition) is 1. The summed E-state index contributed by atoms with van der Waals surface area (Å²) in [5.41, 5.74) is 0.947. The van der Waals surface area contributed by atoms with Crippen molar-refractivity contribution < 1.29 is 13.6 Å². The lowest BCUT2D eigenvalue weighted by Gasteiger charge is -2.38. The number of aromatic nitrogens is 2. The van der Waals surface area contributed by atoms with Crippen LogP contribution in [0.15, 0.2) is 53.6 Å². The van der Waals surface area contributed by atoms with Crippen LogP contribution in [0, 0.1) is 11.6 Å². The standard InChI is InChI=1S/C24H26F2N6OS/c1-5-32(6-2)34-16-12-10-15(11-13-16)28-24-27-14-19-22(29-24)31(4)21(23(33)30(19)3)20-17(25)8-7-9-18(20)26/h7-14,21H,5-6H2,1-4H3,(H,27,28,29). The molecule has 1 aliphatic heterocycles. The number of anilines is 4. The Morgan fingerprint density at radius 2 is 1.71 bits per heavy atom. The van der Waals surface area contributed by atoms with Gasteiger partial charge in [-0.2, -0.15) is 4.98 Å². The molecule has 0 radical (unpaired) electrons. The molecule has 1 atom stereocenters. The largest absolute Gasteiger partial charge is 0.342 e. The Morgan fingerprint density at radius 1 is 1.06 bits per heavy atom. The van der Waals surface area contributed by atoms with Gasteiger partial charge in [-0.3, -0.25) is 4.79 Å². The van der Waals surface area contributed by atoms with E-state index in [0.29, 0.717) is 17.5 Å². The van der Waals surface area contributed by atoms with Gasteiger partial charge in [0.05, 0.1) is 11.8 Å². The van der Waals surface area contributed by atoms with Gasteiger partial charge in [-0.25, -0.2) is 18.1 Å². The first-order chi connectivity index (χ1) is 16.3. The molecule has 1 amide bonds. The Labute approximate surface area is 201 Å². The number of hydrogen-bond acceptors (Lipinski definition) is 7. The molecule has 1 N–H and O–H groups in total. The number of fused-ring (bicyclic) bond motifs is 1. The Kier molecular flexibility index (Phi) is 6.99. The maximum atomic E-state index is 14.5. The Bertz CT molecular complexity index is 1170. The molecule has 2 aromatic carbocycles. The van der Waals surface area contributed by atoms with Crippen molar-refractivity contribution in [1.29, 1.82) is 0 Å². The van der Waals surface area contributed by atoms with Gasteiger partial charge in [-0.05, 0) is 48.3 Å². The SMILES string of the molecule is CCN(CC)Sc1ccc(Nc2ncc3c(n2)N(C)C(c2c(F)cccc2F)C(=O)N3C)cc1. The van der Waals surface area contributed by atoms with E-state index in [0.717, 1.165) is 35.8 Å². The highest BCUT2D eigenvalue weighted by Crippen LogP contribution is 2.40. The number of likely N-dealkylation sites (N-methyl/N-ethyl adjacent to an activating group) is 2. The number of amides is 1. The highest BCUT2D eigenvalue weighted by atomic mass is 32.2. The molecule has 0 fully saturated rings. The van der Waals surface area contributed by atoms with Crippen LogP contribution in [0.4, 0.5) is 31.9 Å². The molecule has 3 aromatic rings. The molecule has 1 aromatic heterocycles. The van der Waals surface area contributed by atoms with E-state index in [9.17, 15) is 13.6 Å². The van der Waals surface area contributed by atoms with Crippen LogP contribution in [0.1, 0.15) is 25.5 Å². The van der Waals surface area contributed by atoms with Gasteiger partial charge in [-0.15, -0.1) is 0 Å². The molecule has 0 bridgehead atoms. The van der Waals surface area contributed by atoms with Gasteiger partial charge >= 0.3 is 0 Å². The summed E-state index contributed by atoms with van der Waals surface area (Å²) >= 11 is 1.69. The molecule has 0 aliphatic carbocycles. The van der Waals surface area contributed by atoms with Crippen molar-refractivity contribution in [2.24, 2.45) is 0 Å². The van der Waals surface area contributed by atoms with Gasteiger partial charge < -0.3 is 15.1 Å². The summed E-state index contributed by atoms with van der Waals surface area (Å²) in [6, 6.07) is 10.3. The maximum Gasteiger partial charge on any atom is 0.254 e. The molecule has 178 valence electrons. The Hall–Kier alpha value is -3.24. The second-order valence-electron chi connectivity index (χ2n) is 7.80. The number of benzene rings is 2. The molecule has 1 aliphatic rings. The minimum atomic E-state index is -1.18. The third-order valence-electron chi connectivity index (χ3n) is 5.72. The highest BCUT2D eigenvalue weighted by Gasteiger charge is 2.40. The summed E-state index contributed by atoms with van der Waals surface area (Å²) in [6.07, 6.45) is 1.53. The van der Waals surface area contributed by atoms with Gasteiger partial charge in [0.2, 0.25) is 5.95 Å². The van der Waals surface area contributed by atoms with Crippen LogP contribution in [-0.4, -0.2) is 47.4 Å². The highest BCUT2D eigenvalue weighted by molar-refractivity contribution is 7.97. The lowest BCUT2D eigenvalue weighted by atomic mass is 10.0. The normalized spacial score (nSPS) is 15.6. The van der Waals surface area contributed by atoms with Crippen molar-refractivity contribution in [1.82, 2.24) is 14.3 Å². The fourth-order valence-corrected chi connectivity index (χ4v) is 4.65. The maximum absolute atomic E-state index is 14.5. The van der Waals surface area contributed by atoms with Gasteiger partial charge in [0, 0.05) is 37.8 Å². The van der Waals surface area contributed by atoms with Crippen LogP contribution >= 0.6 is 11.9 Å². The van der Waals surface area contributed by atoms with Crippen LogP contribution in [0.25, 0.3) is 0 Å². The van der Waals surface area contributed by atoms with Crippen LogP contribution in [0.2, 0.25) is 0 Å². The number of rotatable bonds is 7. The van der Waals surface area contributed by atoms with Crippen molar-refractivity contribution in [3.8, 4) is 0 Å². The van der Waals surface area contributed by atoms with Crippen molar-refractivity contribution in [3.63, 3.8) is 0 Å². The van der Waals surface area contributed by atoms with Crippen LogP contribution in [-0.2, 0) is 4.79 Å². The van der Waals surface area contributed by atoms with Crippen molar-refractivity contribution in [2.75, 3.05) is 42.3 Å². The Balaban J connectivity index is 1.61. The van der Waals surface area contributed by atoms with E-state index in [1.807, 2.05) is 24.3 Å². The van der Waals surface area contributed by atoms with Crippen molar-refractivity contribution >= 4 is 41.0 Å². The third-order valence-corrected chi connectivity index (χ3v) is 6.98. The molecule has 0 saturated heterocycles. The summed E-state index contributed by atoms with van der Waals surface area (Å²) in [7, 11) is 3.14. The number of halogens is 2. The van der Waals surface area contributed by atoms with E-state index in [-0.39, 0.29) is 5.56 Å². The number of nitrogens with one attached hydrogen (secondary N) is 1. The van der Waals surface area contributed by atoms with Gasteiger partial charge in [0.25, 0.3) is 5.91 Å². The fraction of sp³-hybridized carbons (Fsp3) is 0.292. The van der Waals surface area contributed by atoms with Gasteiger partial charge in [0.15, 0.2) is 5.82 Å². The zero-order valence-electron chi connectivity index (χ0n) is 19.4. The van der Waals surface area contributed by atoms with E-state index >= 15 is 0 Å². The molecule has 1 unspecified atom stereocenters. The second kappa shape index (κ2) is 9.94. The Morgan fingerprint density at radius 3 is 2.32 bits per heavy atom. The number of nitrogens with zero attached hydrogens (tertiary/aromatic N) is 5. The summed E-state index contributed by atoms with van der Waals surface area (Å²) < 4.78 is 31.3. The molecule has 7 nitrogen and oxygen atoms in total. The number of carbonyl (C=O) groups excluding carboxylic acids is 1. The smallest absolute Gasteiger partial charge is 0.254 e. The van der Waals surface area contributed by atoms with E-state index in [1.54, 1.807) is 26.0 Å². The third kappa shape index (κ3) is 4.55. The van der Waals surface area contributed by atoms with Gasteiger partial charge in [0.1, 0.15) is 23.4 Å². The first-order valence-corrected chi connectivity index (χ1v) is 11.7. The van der Waals surface area contributed by atoms with E-state index in [1.165, 1.54) is 22.1 Å². The van der Waals surface area contributed by atoms with Crippen LogP contribution < -0.4 is 15.1 Å². The first kappa shape index (κ1) is 23.9. The topological polar surface area (TPSA) is 64.6 Å². The lowest BCUT2D eigenvalue weighted by molar-refractivity contribution is -0.120. The lowest BCUT2D eigenvalue weighted by Crippen LogP contribution is -2.46. The molecule has 0 saturated carbocycles. The molecular weight excluding hydrogens is 458 g/mol. The molecular formula is C24H26F2N6OS. The minimum Gasteiger partial charge on any atom is -0.342 e. The quantitative estimate of drug-likeness (QED) is 0.474.